The predicted octanol–water partition coefficient (Wildman–Crippen LogP) is 4.69. The molecule has 8 nitrogen and oxygen atoms in total. The van der Waals surface area contributed by atoms with Crippen molar-refractivity contribution in [3.05, 3.63) is 47.5 Å². The van der Waals surface area contributed by atoms with E-state index in [4.69, 9.17) is 9.47 Å². The SMILES string of the molecule is COc1cc(/C=N/Nc2nnc3c(n2)[nH]c2ccc(C)cc23)ccc1OCCC(C)C. The Bertz CT molecular complexity index is 1230. The number of H-pyrrole nitrogens is 1. The first kappa shape index (κ1) is 20.6. The summed E-state index contributed by atoms with van der Waals surface area (Å²) >= 11 is 0. The number of hydrazone groups is 1. The summed E-state index contributed by atoms with van der Waals surface area (Å²) in [7, 11) is 1.63. The molecule has 0 saturated heterocycles. The lowest BCUT2D eigenvalue weighted by Crippen LogP contribution is -2.03. The minimum atomic E-state index is 0.313. The molecule has 2 aromatic carbocycles. The molecule has 0 amide bonds. The topological polar surface area (TPSA) is 97.3 Å². The summed E-state index contributed by atoms with van der Waals surface area (Å²) in [6.07, 6.45) is 2.66. The maximum absolute atomic E-state index is 5.82. The second-order valence-electron chi connectivity index (χ2n) is 7.82. The Morgan fingerprint density at radius 1 is 1.13 bits per heavy atom. The Morgan fingerprint density at radius 2 is 2.00 bits per heavy atom. The number of nitrogens with one attached hydrogen (secondary N) is 2. The second kappa shape index (κ2) is 8.99. The zero-order chi connectivity index (χ0) is 21.8. The van der Waals surface area contributed by atoms with Crippen LogP contribution in [0.15, 0.2) is 41.5 Å². The van der Waals surface area contributed by atoms with E-state index in [0.717, 1.165) is 39.7 Å². The number of rotatable bonds is 8. The quantitative estimate of drug-likeness (QED) is 0.318. The van der Waals surface area contributed by atoms with Gasteiger partial charge < -0.3 is 14.5 Å². The highest BCUT2D eigenvalue weighted by Gasteiger charge is 2.09. The fourth-order valence-corrected chi connectivity index (χ4v) is 3.19. The average molecular weight is 419 g/mol. The Kier molecular flexibility index (Phi) is 5.97. The van der Waals surface area contributed by atoms with Crippen molar-refractivity contribution >= 4 is 34.2 Å². The second-order valence-corrected chi connectivity index (χ2v) is 7.82. The molecular weight excluding hydrogens is 392 g/mol. The van der Waals surface area contributed by atoms with Gasteiger partial charge in [0.15, 0.2) is 17.1 Å². The van der Waals surface area contributed by atoms with Gasteiger partial charge in [-0.05, 0) is 55.2 Å². The molecule has 2 heterocycles. The van der Waals surface area contributed by atoms with E-state index in [9.17, 15) is 0 Å². The third-order valence-electron chi connectivity index (χ3n) is 4.89. The summed E-state index contributed by atoms with van der Waals surface area (Å²) < 4.78 is 11.3. The maximum Gasteiger partial charge on any atom is 0.265 e. The van der Waals surface area contributed by atoms with Crippen molar-refractivity contribution in [1.29, 1.82) is 0 Å². The summed E-state index contributed by atoms with van der Waals surface area (Å²) in [6, 6.07) is 11.8. The lowest BCUT2D eigenvalue weighted by Gasteiger charge is -2.12. The number of methoxy groups -OCH3 is 1. The van der Waals surface area contributed by atoms with Crippen molar-refractivity contribution in [2.75, 3.05) is 19.1 Å². The molecule has 4 rings (SSSR count). The predicted molar refractivity (Wildman–Crippen MR) is 123 cm³/mol. The molecule has 2 aromatic heterocycles. The van der Waals surface area contributed by atoms with Crippen LogP contribution >= 0.6 is 0 Å². The van der Waals surface area contributed by atoms with Crippen LogP contribution in [-0.2, 0) is 0 Å². The largest absolute Gasteiger partial charge is 0.493 e. The van der Waals surface area contributed by atoms with Crippen LogP contribution in [0, 0.1) is 12.8 Å². The standard InChI is InChI=1S/C23H26N6O2/c1-14(2)9-10-31-19-8-6-16(12-20(19)30-4)13-24-28-23-26-22-21(27-29-23)17-11-15(3)5-7-18(17)25-22/h5-8,11-14H,9-10H2,1-4H3,(H2,25,26,28,29)/b24-13+. The smallest absolute Gasteiger partial charge is 0.265 e. The number of fused-ring (bicyclic) bond motifs is 3. The monoisotopic (exact) mass is 418 g/mol. The molecule has 8 heteroatoms. The van der Waals surface area contributed by atoms with Gasteiger partial charge in [-0.15, -0.1) is 10.2 Å². The first-order valence-electron chi connectivity index (χ1n) is 10.3. The van der Waals surface area contributed by atoms with E-state index in [1.807, 2.05) is 37.3 Å². The van der Waals surface area contributed by atoms with Gasteiger partial charge in [-0.2, -0.15) is 10.1 Å². The van der Waals surface area contributed by atoms with Gasteiger partial charge in [0.25, 0.3) is 5.95 Å². The van der Waals surface area contributed by atoms with Crippen LogP contribution in [-0.4, -0.2) is 40.1 Å². The molecule has 0 radical (unpaired) electrons. The first-order chi connectivity index (χ1) is 15.0. The van der Waals surface area contributed by atoms with Gasteiger partial charge >= 0.3 is 0 Å². The summed E-state index contributed by atoms with van der Waals surface area (Å²) in [5, 5.41) is 13.7. The number of ether oxygens (including phenoxy) is 2. The van der Waals surface area contributed by atoms with Gasteiger partial charge in [-0.3, -0.25) is 0 Å². The van der Waals surface area contributed by atoms with E-state index in [0.29, 0.717) is 29.9 Å². The first-order valence-corrected chi connectivity index (χ1v) is 10.3. The van der Waals surface area contributed by atoms with Gasteiger partial charge in [0.2, 0.25) is 0 Å². The van der Waals surface area contributed by atoms with Crippen LogP contribution < -0.4 is 14.9 Å². The van der Waals surface area contributed by atoms with Crippen LogP contribution in [0.2, 0.25) is 0 Å². The van der Waals surface area contributed by atoms with E-state index in [1.54, 1.807) is 13.3 Å². The number of aromatic amines is 1. The van der Waals surface area contributed by atoms with Crippen molar-refractivity contribution in [2.24, 2.45) is 11.0 Å². The number of hydrogen-bond acceptors (Lipinski definition) is 7. The lowest BCUT2D eigenvalue weighted by molar-refractivity contribution is 0.273. The average Bonchev–Trinajstić information content (AvgIpc) is 3.11. The molecule has 0 bridgehead atoms. The molecule has 0 fully saturated rings. The van der Waals surface area contributed by atoms with Crippen LogP contribution in [0.5, 0.6) is 11.5 Å². The molecule has 0 atom stereocenters. The van der Waals surface area contributed by atoms with Gasteiger partial charge in [-0.1, -0.05) is 25.5 Å². The number of benzene rings is 2. The molecule has 4 aromatic rings. The van der Waals surface area contributed by atoms with Crippen molar-refractivity contribution in [2.45, 2.75) is 27.2 Å². The zero-order valence-electron chi connectivity index (χ0n) is 18.1. The number of anilines is 1. The normalized spacial score (nSPS) is 11.6. The molecule has 0 spiro atoms. The summed E-state index contributed by atoms with van der Waals surface area (Å²) in [5.74, 6) is 2.29. The molecular formula is C23H26N6O2. The van der Waals surface area contributed by atoms with Crippen LogP contribution in [0.25, 0.3) is 22.1 Å². The van der Waals surface area contributed by atoms with E-state index < -0.39 is 0 Å². The fraction of sp³-hybridized carbons (Fsp3) is 0.304. The van der Waals surface area contributed by atoms with E-state index in [2.05, 4.69) is 50.6 Å². The van der Waals surface area contributed by atoms with Crippen molar-refractivity contribution in [3.8, 4) is 11.5 Å². The number of nitrogens with zero attached hydrogens (tertiary/aromatic N) is 4. The van der Waals surface area contributed by atoms with Gasteiger partial charge in [0.05, 0.1) is 19.9 Å². The van der Waals surface area contributed by atoms with Gasteiger partial charge in [0.1, 0.15) is 5.52 Å². The number of aromatic nitrogens is 4. The maximum atomic E-state index is 5.82. The molecule has 160 valence electrons. The molecule has 0 unspecified atom stereocenters. The Labute approximate surface area is 180 Å². The highest BCUT2D eigenvalue weighted by molar-refractivity contribution is 6.03. The van der Waals surface area contributed by atoms with Crippen LogP contribution in [0.4, 0.5) is 5.95 Å². The molecule has 2 N–H and O–H groups in total. The summed E-state index contributed by atoms with van der Waals surface area (Å²) in [4.78, 5) is 7.73. The fourth-order valence-electron chi connectivity index (χ4n) is 3.19. The Balaban J connectivity index is 1.46. The summed E-state index contributed by atoms with van der Waals surface area (Å²) in [6.45, 7) is 7.04. The Morgan fingerprint density at radius 3 is 2.81 bits per heavy atom. The van der Waals surface area contributed by atoms with Crippen molar-refractivity contribution in [1.82, 2.24) is 20.2 Å². The summed E-state index contributed by atoms with van der Waals surface area (Å²) in [5.41, 5.74) is 7.23. The molecule has 0 aliphatic heterocycles. The Hall–Kier alpha value is -3.68. The molecule has 0 aliphatic rings. The minimum Gasteiger partial charge on any atom is -0.493 e. The van der Waals surface area contributed by atoms with E-state index in [1.165, 1.54) is 0 Å². The van der Waals surface area contributed by atoms with Crippen molar-refractivity contribution in [3.63, 3.8) is 0 Å². The van der Waals surface area contributed by atoms with Crippen LogP contribution in [0.1, 0.15) is 31.4 Å². The zero-order valence-corrected chi connectivity index (χ0v) is 18.1. The number of aryl methyl sites for hydroxylation is 1. The lowest BCUT2D eigenvalue weighted by atomic mass is 10.1. The molecule has 0 aliphatic carbocycles. The number of hydrogen-bond donors (Lipinski definition) is 2. The van der Waals surface area contributed by atoms with E-state index >= 15 is 0 Å². The third-order valence-corrected chi connectivity index (χ3v) is 4.89. The molecule has 0 saturated carbocycles. The highest BCUT2D eigenvalue weighted by atomic mass is 16.5. The van der Waals surface area contributed by atoms with Gasteiger partial charge in [-0.25, -0.2) is 5.43 Å². The minimum absolute atomic E-state index is 0.313. The van der Waals surface area contributed by atoms with Crippen molar-refractivity contribution < 1.29 is 9.47 Å². The van der Waals surface area contributed by atoms with Gasteiger partial charge in [0, 0.05) is 10.9 Å². The van der Waals surface area contributed by atoms with E-state index in [-0.39, 0.29) is 0 Å². The van der Waals surface area contributed by atoms with Crippen LogP contribution in [0.3, 0.4) is 0 Å². The third kappa shape index (κ3) is 4.74. The highest BCUT2D eigenvalue weighted by Crippen LogP contribution is 2.28. The molecule has 31 heavy (non-hydrogen) atoms.